The van der Waals surface area contributed by atoms with E-state index in [1.807, 2.05) is 0 Å². The zero-order chi connectivity index (χ0) is 28.9. The first-order valence-corrected chi connectivity index (χ1v) is 17.8. The van der Waals surface area contributed by atoms with Crippen molar-refractivity contribution in [2.75, 3.05) is 18.9 Å². The Labute approximate surface area is 243 Å². The Morgan fingerprint density at radius 2 is 1.93 bits per heavy atom. The second-order valence-electron chi connectivity index (χ2n) is 9.96. The van der Waals surface area contributed by atoms with Crippen molar-refractivity contribution in [3.63, 3.8) is 0 Å². The first-order chi connectivity index (χ1) is 19.5. The van der Waals surface area contributed by atoms with Gasteiger partial charge >= 0.3 is 13.4 Å². The summed E-state index contributed by atoms with van der Waals surface area (Å²) in [5.41, 5.74) is 5.41. The summed E-state index contributed by atoms with van der Waals surface area (Å²) in [7, 11) is 0. The maximum Gasteiger partial charge on any atom is 0.324 e. The molecule has 9 atom stereocenters. The molecule has 1 aliphatic carbocycles. The van der Waals surface area contributed by atoms with E-state index in [1.54, 1.807) is 19.2 Å². The Kier molecular flexibility index (Phi) is 8.02. The number of anilines is 1. The second-order valence-corrected chi connectivity index (χ2v) is 15.5. The molecule has 0 radical (unpaired) electrons. The lowest BCUT2D eigenvalue weighted by atomic mass is 10.0. The second kappa shape index (κ2) is 11.3. The molecule has 6 rings (SSSR count). The van der Waals surface area contributed by atoms with Crippen molar-refractivity contribution in [3.05, 3.63) is 35.3 Å². The molecule has 2 aliphatic heterocycles. The van der Waals surface area contributed by atoms with Crippen molar-refractivity contribution in [2.24, 2.45) is 11.8 Å². The van der Waals surface area contributed by atoms with Crippen LogP contribution in [0.5, 0.6) is 5.88 Å². The fourth-order valence-corrected chi connectivity index (χ4v) is 8.28. The first-order valence-electron chi connectivity index (χ1n) is 12.6. The molecule has 5 N–H and O–H groups in total. The monoisotopic (exact) mass is 647 g/mol. The van der Waals surface area contributed by atoms with E-state index in [1.165, 1.54) is 17.2 Å². The first kappa shape index (κ1) is 29.1. The molecule has 3 aromatic heterocycles. The standard InChI is InChI=1S/C21H27N7O9P2S2/c1-10-14-7-33-38(30,40)36-13-5-12(34-15-2-3-23-8-24-15)4-11(13)6-32-39(31,41)37-17(10)20(35-14)28-9-25-16-18(28)26-21(22)27-19(16)29/h2-3,8-14,17,20H,4-7H2,1H3,(H,30,40)(H,31,41)(H3,22,26,27,29)/t10-,11-,12-,13+,14-,17-,20-,38?,39?/m1/s1. The Bertz CT molecular complexity index is 1580. The molecule has 0 aromatic carbocycles. The fourth-order valence-electron chi connectivity index (χ4n) is 5.24. The Morgan fingerprint density at radius 3 is 2.71 bits per heavy atom. The fraction of sp³-hybridized carbons (Fsp3) is 0.571. The van der Waals surface area contributed by atoms with Crippen LogP contribution in [-0.2, 0) is 46.4 Å². The van der Waals surface area contributed by atoms with E-state index in [9.17, 15) is 14.6 Å². The van der Waals surface area contributed by atoms with E-state index in [4.69, 9.17) is 56.9 Å². The molecular weight excluding hydrogens is 620 g/mol. The summed E-state index contributed by atoms with van der Waals surface area (Å²) >= 11 is 10.7. The average molecular weight is 648 g/mol. The lowest BCUT2D eigenvalue weighted by Crippen LogP contribution is -2.28. The largest absolute Gasteiger partial charge is 0.474 e. The molecule has 3 fully saturated rings. The number of H-pyrrole nitrogens is 1. The van der Waals surface area contributed by atoms with Crippen LogP contribution >= 0.6 is 13.4 Å². The van der Waals surface area contributed by atoms with Crippen LogP contribution in [0.3, 0.4) is 0 Å². The van der Waals surface area contributed by atoms with Crippen LogP contribution in [-0.4, -0.2) is 76.9 Å². The molecule has 2 saturated heterocycles. The van der Waals surface area contributed by atoms with Crippen molar-refractivity contribution >= 4 is 54.2 Å². The maximum atomic E-state index is 12.3. The summed E-state index contributed by atoms with van der Waals surface area (Å²) in [5.74, 6) is -0.543. The lowest BCUT2D eigenvalue weighted by molar-refractivity contribution is -0.0490. The van der Waals surface area contributed by atoms with Crippen LogP contribution in [0.2, 0.25) is 0 Å². The predicted octanol–water partition coefficient (Wildman–Crippen LogP) is 1.13. The number of nitrogen functional groups attached to an aromatic ring is 1. The van der Waals surface area contributed by atoms with E-state index < -0.39 is 49.5 Å². The Morgan fingerprint density at radius 1 is 1.15 bits per heavy atom. The van der Waals surface area contributed by atoms with Gasteiger partial charge in [-0.3, -0.25) is 14.3 Å². The third-order valence-electron chi connectivity index (χ3n) is 7.23. The van der Waals surface area contributed by atoms with E-state index in [-0.39, 0.29) is 42.3 Å². The summed E-state index contributed by atoms with van der Waals surface area (Å²) in [4.78, 5) is 53.1. The van der Waals surface area contributed by atoms with Crippen LogP contribution in [0.25, 0.3) is 11.2 Å². The molecule has 16 nitrogen and oxygen atoms in total. The maximum absolute atomic E-state index is 12.3. The molecule has 3 aromatic rings. The molecule has 0 spiro atoms. The minimum absolute atomic E-state index is 0.0354. The molecule has 222 valence electrons. The van der Waals surface area contributed by atoms with Gasteiger partial charge in [-0.2, -0.15) is 4.98 Å². The summed E-state index contributed by atoms with van der Waals surface area (Å²) in [6.45, 7) is -6.02. The van der Waals surface area contributed by atoms with E-state index in [0.29, 0.717) is 18.7 Å². The summed E-state index contributed by atoms with van der Waals surface area (Å²) in [6, 6.07) is 1.63. The van der Waals surface area contributed by atoms with Crippen LogP contribution in [0.4, 0.5) is 5.95 Å². The Hall–Kier alpha value is -1.95. The quantitative estimate of drug-likeness (QED) is 0.294. The van der Waals surface area contributed by atoms with Crippen molar-refractivity contribution in [2.45, 2.75) is 50.4 Å². The molecule has 41 heavy (non-hydrogen) atoms. The predicted molar refractivity (Wildman–Crippen MR) is 149 cm³/mol. The number of nitrogens with one attached hydrogen (secondary N) is 1. The van der Waals surface area contributed by atoms with Gasteiger partial charge in [-0.05, 0) is 30.0 Å². The molecule has 0 amide bonds. The van der Waals surface area contributed by atoms with Gasteiger partial charge in [0.05, 0.1) is 31.7 Å². The number of aromatic amines is 1. The number of nitrogens with zero attached hydrogens (tertiary/aromatic N) is 5. The molecule has 1 saturated carbocycles. The third-order valence-corrected chi connectivity index (χ3v) is 10.4. The highest BCUT2D eigenvalue weighted by Crippen LogP contribution is 2.55. The number of aromatic nitrogens is 6. The SMILES string of the molecule is C[C@H]1[C@H]2OP(O)(=S)OC[C@H]3C[C@@H](Oc4ccncn4)C[C@@H]3OP(O)(=S)OC[C@H]1O[C@H]2n1cnc2c(=O)[nH]c(N)nc21. The number of ether oxygens (including phenoxy) is 2. The van der Waals surface area contributed by atoms with Crippen molar-refractivity contribution in [3.8, 4) is 5.88 Å². The average Bonchev–Trinajstić information content (AvgIpc) is 3.57. The number of hydrogen-bond donors (Lipinski definition) is 4. The summed E-state index contributed by atoms with van der Waals surface area (Å²) < 4.78 is 37.1. The lowest BCUT2D eigenvalue weighted by Gasteiger charge is -2.28. The molecule has 20 heteroatoms. The number of imidazole rings is 1. The molecular formula is C21H27N7O9P2S2. The minimum Gasteiger partial charge on any atom is -0.474 e. The van der Waals surface area contributed by atoms with Gasteiger partial charge in [-0.1, -0.05) is 6.92 Å². The van der Waals surface area contributed by atoms with Gasteiger partial charge in [0.25, 0.3) is 5.56 Å². The highest BCUT2D eigenvalue weighted by atomic mass is 32.5. The van der Waals surface area contributed by atoms with Crippen LogP contribution < -0.4 is 16.0 Å². The summed E-state index contributed by atoms with van der Waals surface area (Å²) in [6.07, 6.45) is 1.61. The molecule has 2 bridgehead atoms. The van der Waals surface area contributed by atoms with E-state index in [2.05, 4.69) is 24.9 Å². The van der Waals surface area contributed by atoms with E-state index in [0.717, 1.165) is 0 Å². The summed E-state index contributed by atoms with van der Waals surface area (Å²) in [5, 5.41) is 0. The van der Waals surface area contributed by atoms with Crippen LogP contribution in [0.1, 0.15) is 26.0 Å². The highest BCUT2D eigenvalue weighted by Gasteiger charge is 2.49. The third kappa shape index (κ3) is 6.24. The molecule has 5 heterocycles. The van der Waals surface area contributed by atoms with Gasteiger partial charge in [0.2, 0.25) is 11.8 Å². The topological polar surface area (TPSA) is 211 Å². The minimum atomic E-state index is -3.85. The zero-order valence-corrected chi connectivity index (χ0v) is 24.9. The number of rotatable bonds is 3. The normalized spacial score (nSPS) is 38.1. The van der Waals surface area contributed by atoms with Gasteiger partial charge in [-0.25, -0.2) is 15.0 Å². The number of hydrogen-bond acceptors (Lipinski definition) is 14. The highest BCUT2D eigenvalue weighted by molar-refractivity contribution is 8.07. The van der Waals surface area contributed by atoms with Gasteiger partial charge < -0.3 is 43.1 Å². The smallest absolute Gasteiger partial charge is 0.324 e. The van der Waals surface area contributed by atoms with Crippen LogP contribution in [0.15, 0.2) is 29.7 Å². The zero-order valence-electron chi connectivity index (χ0n) is 21.5. The molecule has 2 unspecified atom stereocenters. The van der Waals surface area contributed by atoms with Gasteiger partial charge in [-0.15, -0.1) is 0 Å². The number of nitrogens with two attached hydrogens (primary N) is 1. The molecule has 3 aliphatic rings. The van der Waals surface area contributed by atoms with Gasteiger partial charge in [0.15, 0.2) is 17.4 Å². The van der Waals surface area contributed by atoms with Gasteiger partial charge in [0, 0.05) is 30.5 Å². The Balaban J connectivity index is 1.28. The number of fused-ring (bicyclic) bond motifs is 4. The van der Waals surface area contributed by atoms with E-state index >= 15 is 0 Å². The van der Waals surface area contributed by atoms with Crippen molar-refractivity contribution in [1.82, 2.24) is 29.5 Å². The van der Waals surface area contributed by atoms with Crippen molar-refractivity contribution in [1.29, 1.82) is 0 Å². The van der Waals surface area contributed by atoms with Crippen molar-refractivity contribution < 1.29 is 37.4 Å². The van der Waals surface area contributed by atoms with Gasteiger partial charge in [0.1, 0.15) is 18.5 Å². The van der Waals surface area contributed by atoms with Crippen LogP contribution in [0, 0.1) is 11.8 Å².